The van der Waals surface area contributed by atoms with Crippen molar-refractivity contribution in [2.24, 2.45) is 0 Å². The van der Waals surface area contributed by atoms with Crippen molar-refractivity contribution >= 4 is 11.8 Å². The average Bonchev–Trinajstić information content (AvgIpc) is 3.58. The lowest BCUT2D eigenvalue weighted by molar-refractivity contribution is -0.122. The van der Waals surface area contributed by atoms with Crippen molar-refractivity contribution < 1.29 is 14.3 Å². The van der Waals surface area contributed by atoms with Gasteiger partial charge >= 0.3 is 0 Å². The molecular formula is C24H27N3O3. The largest absolute Gasteiger partial charge is 0.487 e. The zero-order valence-electron chi connectivity index (χ0n) is 17.0. The van der Waals surface area contributed by atoms with Gasteiger partial charge in [-0.25, -0.2) is 0 Å². The number of hydrogen-bond donors (Lipinski definition) is 1. The van der Waals surface area contributed by atoms with E-state index in [9.17, 15) is 9.59 Å². The second-order valence-electron chi connectivity index (χ2n) is 8.78. The van der Waals surface area contributed by atoms with Gasteiger partial charge in [-0.1, -0.05) is 24.3 Å². The summed E-state index contributed by atoms with van der Waals surface area (Å²) in [5, 5.41) is 3.12. The van der Waals surface area contributed by atoms with Gasteiger partial charge in [0.05, 0.1) is 0 Å². The Bertz CT molecular complexity index is 934. The molecule has 2 aromatic rings. The van der Waals surface area contributed by atoms with Crippen molar-refractivity contribution in [2.75, 3.05) is 13.1 Å². The number of pyridine rings is 1. The first-order chi connectivity index (χ1) is 14.6. The highest BCUT2D eigenvalue weighted by Crippen LogP contribution is 2.46. The molecule has 2 fully saturated rings. The summed E-state index contributed by atoms with van der Waals surface area (Å²) in [5.74, 6) is 1.14. The van der Waals surface area contributed by atoms with Gasteiger partial charge in [0.25, 0.3) is 5.91 Å². The molecule has 6 heteroatoms. The molecule has 3 aliphatic rings. The predicted molar refractivity (Wildman–Crippen MR) is 112 cm³/mol. The molecule has 1 N–H and O–H groups in total. The van der Waals surface area contributed by atoms with Gasteiger partial charge in [0.1, 0.15) is 17.0 Å². The van der Waals surface area contributed by atoms with Crippen LogP contribution in [-0.4, -0.2) is 46.4 Å². The highest BCUT2D eigenvalue weighted by Gasteiger charge is 2.44. The first kappa shape index (κ1) is 19.1. The Kier molecular flexibility index (Phi) is 4.93. The van der Waals surface area contributed by atoms with E-state index in [-0.39, 0.29) is 23.3 Å². The zero-order valence-corrected chi connectivity index (χ0v) is 17.0. The summed E-state index contributed by atoms with van der Waals surface area (Å²) in [6.45, 7) is 1.27. The summed E-state index contributed by atoms with van der Waals surface area (Å²) >= 11 is 0. The highest BCUT2D eigenvalue weighted by molar-refractivity contribution is 5.92. The van der Waals surface area contributed by atoms with Crippen LogP contribution in [0.15, 0.2) is 48.7 Å². The number of amides is 2. The highest BCUT2D eigenvalue weighted by atomic mass is 16.5. The number of carbonyl (C=O) groups excluding carboxylic acids is 2. The molecule has 5 rings (SSSR count). The lowest BCUT2D eigenvalue weighted by atomic mass is 9.76. The van der Waals surface area contributed by atoms with Gasteiger partial charge in [0, 0.05) is 50.5 Å². The summed E-state index contributed by atoms with van der Waals surface area (Å²) in [4.78, 5) is 31.3. The third-order valence-corrected chi connectivity index (χ3v) is 6.52. The Labute approximate surface area is 176 Å². The Morgan fingerprint density at radius 3 is 2.60 bits per heavy atom. The van der Waals surface area contributed by atoms with Crippen LogP contribution in [-0.2, 0) is 4.79 Å². The molecule has 1 spiro atoms. The SMILES string of the molecule is O=C(C[C@H]1CC2(CCN(C(=O)c3ccccn3)CC2)Oc2ccccc21)NC1CC1. The van der Waals surface area contributed by atoms with Gasteiger partial charge in [-0.15, -0.1) is 0 Å². The molecule has 1 saturated carbocycles. The van der Waals surface area contributed by atoms with Crippen molar-refractivity contribution in [3.05, 3.63) is 59.9 Å². The molecule has 1 aromatic heterocycles. The van der Waals surface area contributed by atoms with Crippen molar-refractivity contribution in [1.29, 1.82) is 0 Å². The summed E-state index contributed by atoms with van der Waals surface area (Å²) in [6.07, 6.45) is 6.68. The summed E-state index contributed by atoms with van der Waals surface area (Å²) in [5.41, 5.74) is 1.29. The number of nitrogens with one attached hydrogen (secondary N) is 1. The lowest BCUT2D eigenvalue weighted by Gasteiger charge is -2.46. The van der Waals surface area contributed by atoms with Gasteiger partial charge in [-0.2, -0.15) is 0 Å². The first-order valence-electron chi connectivity index (χ1n) is 10.9. The topological polar surface area (TPSA) is 71.5 Å². The maximum absolute atomic E-state index is 12.8. The Morgan fingerprint density at radius 2 is 1.87 bits per heavy atom. The van der Waals surface area contributed by atoms with Crippen LogP contribution in [0, 0.1) is 0 Å². The van der Waals surface area contributed by atoms with Crippen molar-refractivity contribution in [3.8, 4) is 5.75 Å². The summed E-state index contributed by atoms with van der Waals surface area (Å²) < 4.78 is 6.51. The van der Waals surface area contributed by atoms with Crippen molar-refractivity contribution in [1.82, 2.24) is 15.2 Å². The second kappa shape index (κ2) is 7.74. The summed E-state index contributed by atoms with van der Waals surface area (Å²) in [7, 11) is 0. The Morgan fingerprint density at radius 1 is 1.10 bits per heavy atom. The quantitative estimate of drug-likeness (QED) is 0.847. The van der Waals surface area contributed by atoms with Crippen molar-refractivity contribution in [3.63, 3.8) is 0 Å². The fourth-order valence-electron chi connectivity index (χ4n) is 4.74. The maximum Gasteiger partial charge on any atom is 0.272 e. The molecule has 156 valence electrons. The number of likely N-dealkylation sites (tertiary alicyclic amines) is 1. The third kappa shape index (κ3) is 3.91. The van der Waals surface area contributed by atoms with E-state index >= 15 is 0 Å². The molecule has 2 amide bonds. The Balaban J connectivity index is 1.30. The number of rotatable bonds is 4. The minimum atomic E-state index is -0.320. The van der Waals surface area contributed by atoms with Gasteiger partial charge in [0.2, 0.25) is 5.91 Å². The molecule has 1 saturated heterocycles. The summed E-state index contributed by atoms with van der Waals surface area (Å²) in [6, 6.07) is 13.9. The number of ether oxygens (including phenoxy) is 1. The van der Waals surface area contributed by atoms with Gasteiger partial charge in [0.15, 0.2) is 0 Å². The first-order valence-corrected chi connectivity index (χ1v) is 10.9. The van der Waals surface area contributed by atoms with E-state index in [1.807, 2.05) is 35.2 Å². The molecule has 2 aliphatic heterocycles. The van der Waals surface area contributed by atoms with E-state index in [1.54, 1.807) is 12.3 Å². The second-order valence-corrected chi connectivity index (χ2v) is 8.78. The molecule has 1 aromatic carbocycles. The molecule has 3 heterocycles. The average molecular weight is 405 g/mol. The predicted octanol–water partition coefficient (Wildman–Crippen LogP) is 3.29. The fourth-order valence-corrected chi connectivity index (χ4v) is 4.74. The number of hydrogen-bond acceptors (Lipinski definition) is 4. The smallest absolute Gasteiger partial charge is 0.272 e. The minimum Gasteiger partial charge on any atom is -0.487 e. The van der Waals surface area contributed by atoms with Crippen LogP contribution < -0.4 is 10.1 Å². The van der Waals surface area contributed by atoms with Crippen LogP contribution in [0.4, 0.5) is 0 Å². The molecule has 0 bridgehead atoms. The van der Waals surface area contributed by atoms with E-state index in [2.05, 4.69) is 16.4 Å². The number of piperidine rings is 1. The van der Waals surface area contributed by atoms with Crippen LogP contribution in [0.1, 0.15) is 60.5 Å². The number of fused-ring (bicyclic) bond motifs is 1. The molecule has 30 heavy (non-hydrogen) atoms. The molecule has 0 unspecified atom stereocenters. The number of carbonyl (C=O) groups is 2. The minimum absolute atomic E-state index is 0.0259. The fraction of sp³-hybridized carbons (Fsp3) is 0.458. The number of aromatic nitrogens is 1. The van der Waals surface area contributed by atoms with E-state index in [4.69, 9.17) is 4.74 Å². The third-order valence-electron chi connectivity index (χ3n) is 6.52. The van der Waals surface area contributed by atoms with Crippen molar-refractivity contribution in [2.45, 2.75) is 56.1 Å². The van der Waals surface area contributed by atoms with Crippen LogP contribution in [0.2, 0.25) is 0 Å². The monoisotopic (exact) mass is 405 g/mol. The normalized spacial score (nSPS) is 22.1. The van der Waals surface area contributed by atoms with E-state index < -0.39 is 0 Å². The zero-order chi connectivity index (χ0) is 20.6. The van der Waals surface area contributed by atoms with Gasteiger partial charge in [-0.3, -0.25) is 14.6 Å². The van der Waals surface area contributed by atoms with Gasteiger partial charge < -0.3 is 15.0 Å². The molecule has 1 aliphatic carbocycles. The standard InChI is InChI=1S/C24H27N3O3/c28-22(26-18-8-9-18)15-17-16-24(30-21-7-2-1-5-19(17)21)10-13-27(14-11-24)23(29)20-6-3-4-12-25-20/h1-7,12,17-18H,8-11,13-16H2,(H,26,28)/t17-/m0/s1. The molecule has 1 atom stereocenters. The molecule has 6 nitrogen and oxygen atoms in total. The number of benzene rings is 1. The van der Waals surface area contributed by atoms with E-state index in [1.165, 1.54) is 0 Å². The van der Waals surface area contributed by atoms with E-state index in [0.717, 1.165) is 43.4 Å². The van der Waals surface area contributed by atoms with Crippen LogP contribution in [0.3, 0.4) is 0 Å². The van der Waals surface area contributed by atoms with Crippen LogP contribution in [0.25, 0.3) is 0 Å². The van der Waals surface area contributed by atoms with Crippen LogP contribution in [0.5, 0.6) is 5.75 Å². The lowest BCUT2D eigenvalue weighted by Crippen LogP contribution is -2.52. The maximum atomic E-state index is 12.8. The van der Waals surface area contributed by atoms with Crippen LogP contribution >= 0.6 is 0 Å². The number of para-hydroxylation sites is 1. The van der Waals surface area contributed by atoms with E-state index in [0.29, 0.717) is 31.2 Å². The number of nitrogens with zero attached hydrogens (tertiary/aromatic N) is 2. The molecular weight excluding hydrogens is 378 g/mol. The Hall–Kier alpha value is -2.89. The van der Waals surface area contributed by atoms with Gasteiger partial charge in [-0.05, 0) is 43.0 Å². The molecule has 0 radical (unpaired) electrons.